The lowest BCUT2D eigenvalue weighted by Crippen LogP contribution is -2.54. The molecule has 0 spiro atoms. The second-order valence-electron chi connectivity index (χ2n) is 12.5. The van der Waals surface area contributed by atoms with Gasteiger partial charge in [0.25, 0.3) is 5.92 Å². The van der Waals surface area contributed by atoms with Crippen LogP contribution in [0.15, 0.2) is 55.0 Å². The quantitative estimate of drug-likeness (QED) is 0.306. The first kappa shape index (κ1) is 28.3. The molecule has 0 radical (unpaired) electrons. The maximum Gasteiger partial charge on any atom is 0.410 e. The van der Waals surface area contributed by atoms with Gasteiger partial charge in [-0.15, -0.1) is 0 Å². The second kappa shape index (κ2) is 11.1. The zero-order valence-electron chi connectivity index (χ0n) is 24.4. The van der Waals surface area contributed by atoms with Crippen LogP contribution in [0.25, 0.3) is 32.9 Å². The van der Waals surface area contributed by atoms with Crippen molar-refractivity contribution in [3.05, 3.63) is 55.0 Å². The summed E-state index contributed by atoms with van der Waals surface area (Å²) in [7, 11) is 0. The number of aromatic nitrogens is 3. The van der Waals surface area contributed by atoms with Crippen molar-refractivity contribution < 1.29 is 18.3 Å². The van der Waals surface area contributed by atoms with Gasteiger partial charge in [-0.2, -0.15) is 0 Å². The Morgan fingerprint density at radius 1 is 0.929 bits per heavy atom. The van der Waals surface area contributed by atoms with Crippen LogP contribution >= 0.6 is 0 Å². The number of nitrogens with zero attached hydrogens (tertiary/aromatic N) is 5. The highest BCUT2D eigenvalue weighted by Crippen LogP contribution is 2.36. The molecule has 1 aromatic carbocycles. The Kier molecular flexibility index (Phi) is 7.51. The number of carbonyl (C=O) groups excluding carboxylic acids is 1. The zero-order valence-corrected chi connectivity index (χ0v) is 24.4. The van der Waals surface area contributed by atoms with Crippen LogP contribution in [0.5, 0.6) is 0 Å². The van der Waals surface area contributed by atoms with Gasteiger partial charge in [0.05, 0.1) is 6.54 Å². The van der Waals surface area contributed by atoms with Gasteiger partial charge < -0.3 is 19.5 Å². The molecule has 222 valence electrons. The molecule has 0 bridgehead atoms. The predicted molar refractivity (Wildman–Crippen MR) is 161 cm³/mol. The van der Waals surface area contributed by atoms with E-state index in [9.17, 15) is 4.79 Å². The number of ether oxygens (including phenoxy) is 1. The van der Waals surface area contributed by atoms with E-state index in [-0.39, 0.29) is 12.6 Å². The molecule has 2 aliphatic rings. The highest BCUT2D eigenvalue weighted by atomic mass is 19.3. The highest BCUT2D eigenvalue weighted by Gasteiger charge is 2.43. The second-order valence-corrected chi connectivity index (χ2v) is 12.5. The van der Waals surface area contributed by atoms with Crippen LogP contribution in [0, 0.1) is 5.92 Å². The normalized spacial score (nSPS) is 17.7. The molecular weight excluding hydrogens is 538 g/mol. The minimum Gasteiger partial charge on any atom is -0.444 e. The van der Waals surface area contributed by atoms with E-state index in [1.807, 2.05) is 51.4 Å². The molecule has 1 amide bonds. The minimum absolute atomic E-state index is 0.274. The number of aromatic amines is 1. The van der Waals surface area contributed by atoms with Crippen molar-refractivity contribution >= 4 is 33.7 Å². The number of hydrogen-bond donors (Lipinski definition) is 1. The Bertz CT molecular complexity index is 1550. The lowest BCUT2D eigenvalue weighted by atomic mass is 9.90. The molecule has 42 heavy (non-hydrogen) atoms. The molecule has 6 rings (SSSR count). The Morgan fingerprint density at radius 2 is 1.67 bits per heavy atom. The van der Waals surface area contributed by atoms with E-state index in [1.54, 1.807) is 16.0 Å². The lowest BCUT2D eigenvalue weighted by molar-refractivity contribution is -0.0940. The zero-order chi connectivity index (χ0) is 29.5. The van der Waals surface area contributed by atoms with E-state index in [0.29, 0.717) is 52.1 Å². The summed E-state index contributed by atoms with van der Waals surface area (Å²) < 4.78 is 36.1. The molecule has 0 unspecified atom stereocenters. The number of fused-ring (bicyclic) bond motifs is 3. The molecular formula is C32H38F2N6O2. The first-order chi connectivity index (χ1) is 20.1. The number of alkyl halides is 2. The third kappa shape index (κ3) is 6.04. The fraction of sp³-hybridized carbons (Fsp3) is 0.469. The van der Waals surface area contributed by atoms with Crippen molar-refractivity contribution in [2.75, 3.05) is 50.7 Å². The smallest absolute Gasteiger partial charge is 0.410 e. The van der Waals surface area contributed by atoms with Gasteiger partial charge in [0.15, 0.2) is 0 Å². The fourth-order valence-corrected chi connectivity index (χ4v) is 6.04. The molecule has 1 N–H and O–H groups in total. The van der Waals surface area contributed by atoms with Crippen LogP contribution < -0.4 is 4.90 Å². The van der Waals surface area contributed by atoms with Crippen molar-refractivity contribution in [2.24, 2.45) is 5.92 Å². The van der Waals surface area contributed by atoms with E-state index in [0.717, 1.165) is 38.8 Å². The summed E-state index contributed by atoms with van der Waals surface area (Å²) in [4.78, 5) is 30.2. The van der Waals surface area contributed by atoms with Crippen molar-refractivity contribution in [3.8, 4) is 11.1 Å². The van der Waals surface area contributed by atoms with E-state index in [4.69, 9.17) is 9.72 Å². The number of piperidine rings is 1. The first-order valence-corrected chi connectivity index (χ1v) is 14.7. The largest absolute Gasteiger partial charge is 0.444 e. The van der Waals surface area contributed by atoms with Crippen LogP contribution in [0.4, 0.5) is 19.4 Å². The number of hydrogen-bond acceptors (Lipinski definition) is 6. The maximum absolute atomic E-state index is 15.3. The number of amides is 1. The summed E-state index contributed by atoms with van der Waals surface area (Å²) in [5.74, 6) is -2.64. The number of pyridine rings is 2. The molecule has 10 heteroatoms. The number of benzene rings is 1. The third-order valence-corrected chi connectivity index (χ3v) is 8.36. The lowest BCUT2D eigenvalue weighted by Gasteiger charge is -2.40. The maximum atomic E-state index is 15.3. The number of nitrogens with one attached hydrogen (secondary N) is 1. The van der Waals surface area contributed by atoms with E-state index in [1.165, 1.54) is 0 Å². The van der Waals surface area contributed by atoms with E-state index >= 15 is 8.78 Å². The Hall–Kier alpha value is -3.79. The molecule has 0 aliphatic carbocycles. The molecule has 2 aliphatic heterocycles. The summed E-state index contributed by atoms with van der Waals surface area (Å²) in [5, 5.41) is 2.23. The van der Waals surface area contributed by atoms with Gasteiger partial charge in [-0.3, -0.25) is 9.88 Å². The molecule has 2 saturated heterocycles. The van der Waals surface area contributed by atoms with Crippen LogP contribution in [0.3, 0.4) is 0 Å². The molecule has 0 saturated carbocycles. The van der Waals surface area contributed by atoms with Gasteiger partial charge in [-0.25, -0.2) is 18.6 Å². The van der Waals surface area contributed by atoms with Gasteiger partial charge in [0, 0.05) is 91.1 Å². The fourth-order valence-electron chi connectivity index (χ4n) is 6.04. The topological polar surface area (TPSA) is 77.6 Å². The number of piperazine rings is 1. The van der Waals surface area contributed by atoms with Crippen molar-refractivity contribution in [3.63, 3.8) is 0 Å². The number of halogens is 2. The highest BCUT2D eigenvalue weighted by molar-refractivity contribution is 6.07. The monoisotopic (exact) mass is 576 g/mol. The Morgan fingerprint density at radius 3 is 2.36 bits per heavy atom. The summed E-state index contributed by atoms with van der Waals surface area (Å²) in [6, 6.07) is 12.3. The molecule has 4 aromatic rings. The summed E-state index contributed by atoms with van der Waals surface area (Å²) >= 11 is 0. The Balaban J connectivity index is 1.02. The first-order valence-electron chi connectivity index (χ1n) is 14.7. The van der Waals surface area contributed by atoms with Gasteiger partial charge in [0.2, 0.25) is 0 Å². The van der Waals surface area contributed by atoms with Gasteiger partial charge in [-0.1, -0.05) is 12.1 Å². The third-order valence-electron chi connectivity index (χ3n) is 8.36. The number of rotatable bonds is 5. The average Bonchev–Trinajstić information content (AvgIpc) is 3.34. The SMILES string of the molecule is CC(C)(C)OC(=O)N1CCN(CC(F)(F)C2CCN(c3ccc(-c4ccc5c(c4)[nH]c4ccncc45)cn3)CC2)CC1. The van der Waals surface area contributed by atoms with Gasteiger partial charge in [-0.05, 0) is 63.4 Å². The molecule has 2 fully saturated rings. The average molecular weight is 577 g/mol. The summed E-state index contributed by atoms with van der Waals surface area (Å²) in [6.45, 7) is 7.94. The van der Waals surface area contributed by atoms with Crippen LogP contribution in [-0.4, -0.2) is 88.2 Å². The van der Waals surface area contributed by atoms with Crippen LogP contribution in [0.2, 0.25) is 0 Å². The standard InChI is InChI=1S/C32H38F2N6O2/c1-31(2,3)42-30(41)40-16-14-38(15-17-40)21-32(33,34)24-9-12-39(13-10-24)29-7-5-23(19-36-29)22-4-6-25-26-20-35-11-8-27(26)37-28(25)18-22/h4-8,11,18-20,24,37H,9-10,12-17,21H2,1-3H3. The minimum atomic E-state index is -2.78. The molecule has 0 atom stereocenters. The van der Waals surface area contributed by atoms with E-state index < -0.39 is 17.4 Å². The molecule has 8 nitrogen and oxygen atoms in total. The predicted octanol–water partition coefficient (Wildman–Crippen LogP) is 6.18. The van der Waals surface area contributed by atoms with Crippen molar-refractivity contribution in [2.45, 2.75) is 45.1 Å². The number of H-pyrrole nitrogens is 1. The van der Waals surface area contributed by atoms with Crippen molar-refractivity contribution in [1.82, 2.24) is 24.8 Å². The van der Waals surface area contributed by atoms with Crippen LogP contribution in [-0.2, 0) is 4.74 Å². The molecule has 3 aromatic heterocycles. The Labute approximate surface area is 244 Å². The van der Waals surface area contributed by atoms with Crippen LogP contribution in [0.1, 0.15) is 33.6 Å². The summed E-state index contributed by atoms with van der Waals surface area (Å²) in [6.07, 6.45) is 5.97. The number of carbonyl (C=O) groups is 1. The molecule has 5 heterocycles. The van der Waals surface area contributed by atoms with E-state index in [2.05, 4.69) is 33.1 Å². The number of anilines is 1. The van der Waals surface area contributed by atoms with Crippen molar-refractivity contribution in [1.29, 1.82) is 0 Å². The van der Waals surface area contributed by atoms with Gasteiger partial charge in [0.1, 0.15) is 11.4 Å². The summed E-state index contributed by atoms with van der Waals surface area (Å²) in [5.41, 5.74) is 3.60. The van der Waals surface area contributed by atoms with Gasteiger partial charge >= 0.3 is 6.09 Å².